The number of benzene rings is 1. The Balaban J connectivity index is 1.70. The van der Waals surface area contributed by atoms with E-state index < -0.39 is 0 Å². The number of aromatic nitrogens is 3. The van der Waals surface area contributed by atoms with Gasteiger partial charge in [-0.1, -0.05) is 5.16 Å². The van der Waals surface area contributed by atoms with Crippen LogP contribution in [0.4, 0.5) is 0 Å². The second-order valence-corrected chi connectivity index (χ2v) is 5.84. The van der Waals surface area contributed by atoms with E-state index in [0.29, 0.717) is 18.3 Å². The standard InChI is InChI=1S/C17H19N3O2/c1-2-21-17(8-3-4-9-17)16-19-15(20-22-16)13-5-6-14-12(11-13)7-10-18-14/h5-7,10-11,18H,2-4,8-9H2,1H3. The predicted molar refractivity (Wildman–Crippen MR) is 83.4 cm³/mol. The zero-order valence-electron chi connectivity index (χ0n) is 12.6. The molecule has 5 nitrogen and oxygen atoms in total. The van der Waals surface area contributed by atoms with Gasteiger partial charge in [0.1, 0.15) is 5.60 Å². The smallest absolute Gasteiger partial charge is 0.259 e. The van der Waals surface area contributed by atoms with Crippen LogP contribution in [-0.4, -0.2) is 21.7 Å². The van der Waals surface area contributed by atoms with Crippen LogP contribution in [0.5, 0.6) is 0 Å². The molecular formula is C17H19N3O2. The van der Waals surface area contributed by atoms with Crippen molar-refractivity contribution >= 4 is 10.9 Å². The normalized spacial score (nSPS) is 17.3. The largest absolute Gasteiger partial charge is 0.365 e. The summed E-state index contributed by atoms with van der Waals surface area (Å²) in [6, 6.07) is 8.16. The van der Waals surface area contributed by atoms with Crippen molar-refractivity contribution in [1.82, 2.24) is 15.1 Å². The quantitative estimate of drug-likeness (QED) is 0.790. The molecule has 0 radical (unpaired) electrons. The Morgan fingerprint density at radius 3 is 2.95 bits per heavy atom. The zero-order chi connectivity index (χ0) is 15.0. The Labute approximate surface area is 128 Å². The van der Waals surface area contributed by atoms with Gasteiger partial charge in [-0.25, -0.2) is 0 Å². The zero-order valence-corrected chi connectivity index (χ0v) is 12.6. The van der Waals surface area contributed by atoms with Gasteiger partial charge in [0.05, 0.1) is 0 Å². The van der Waals surface area contributed by atoms with Crippen LogP contribution in [0.1, 0.15) is 38.5 Å². The summed E-state index contributed by atoms with van der Waals surface area (Å²) in [6.07, 6.45) is 6.14. The average molecular weight is 297 g/mol. The van der Waals surface area contributed by atoms with E-state index in [9.17, 15) is 0 Å². The molecule has 2 heterocycles. The first-order valence-corrected chi connectivity index (χ1v) is 7.86. The van der Waals surface area contributed by atoms with Gasteiger partial charge in [-0.2, -0.15) is 4.98 Å². The summed E-state index contributed by atoms with van der Waals surface area (Å²) in [5, 5.41) is 5.32. The summed E-state index contributed by atoms with van der Waals surface area (Å²) in [5.41, 5.74) is 1.69. The van der Waals surface area contributed by atoms with Gasteiger partial charge in [0.25, 0.3) is 5.89 Å². The van der Waals surface area contributed by atoms with Gasteiger partial charge in [0.15, 0.2) is 0 Å². The molecular weight excluding hydrogens is 278 g/mol. The molecule has 1 saturated carbocycles. The van der Waals surface area contributed by atoms with Crippen LogP contribution in [0.25, 0.3) is 22.3 Å². The van der Waals surface area contributed by atoms with Crippen LogP contribution in [0.15, 0.2) is 35.0 Å². The van der Waals surface area contributed by atoms with E-state index in [-0.39, 0.29) is 5.60 Å². The van der Waals surface area contributed by atoms with E-state index in [1.54, 1.807) is 0 Å². The molecule has 22 heavy (non-hydrogen) atoms. The van der Waals surface area contributed by atoms with Gasteiger partial charge < -0.3 is 14.2 Å². The molecule has 1 aromatic carbocycles. The van der Waals surface area contributed by atoms with Crippen LogP contribution < -0.4 is 0 Å². The van der Waals surface area contributed by atoms with Crippen molar-refractivity contribution in [2.45, 2.75) is 38.2 Å². The molecule has 0 unspecified atom stereocenters. The molecule has 1 aliphatic carbocycles. The Morgan fingerprint density at radius 1 is 1.27 bits per heavy atom. The third-order valence-corrected chi connectivity index (χ3v) is 4.46. The molecule has 114 valence electrons. The van der Waals surface area contributed by atoms with Crippen LogP contribution in [0, 0.1) is 0 Å². The number of fused-ring (bicyclic) bond motifs is 1. The molecule has 0 bridgehead atoms. The lowest BCUT2D eigenvalue weighted by Gasteiger charge is -2.24. The SMILES string of the molecule is CCOC1(c2nc(-c3ccc4[nH]ccc4c3)no2)CCCC1. The molecule has 0 atom stereocenters. The maximum Gasteiger partial charge on any atom is 0.259 e. The minimum Gasteiger partial charge on any atom is -0.365 e. The van der Waals surface area contributed by atoms with Crippen molar-refractivity contribution in [3.8, 4) is 11.4 Å². The molecule has 1 N–H and O–H groups in total. The highest BCUT2D eigenvalue weighted by Gasteiger charge is 2.41. The van der Waals surface area contributed by atoms with Gasteiger partial charge in [-0.05, 0) is 56.9 Å². The number of ether oxygens (including phenoxy) is 1. The summed E-state index contributed by atoms with van der Waals surface area (Å²) in [7, 11) is 0. The topological polar surface area (TPSA) is 63.9 Å². The first kappa shape index (κ1) is 13.5. The summed E-state index contributed by atoms with van der Waals surface area (Å²) in [5.74, 6) is 1.25. The fourth-order valence-corrected chi connectivity index (χ4v) is 3.36. The van der Waals surface area contributed by atoms with Gasteiger partial charge in [-0.3, -0.25) is 0 Å². The second kappa shape index (κ2) is 5.25. The molecule has 0 aliphatic heterocycles. The number of hydrogen-bond acceptors (Lipinski definition) is 4. The summed E-state index contributed by atoms with van der Waals surface area (Å²) < 4.78 is 11.5. The molecule has 1 aliphatic rings. The van der Waals surface area contributed by atoms with Crippen molar-refractivity contribution in [2.24, 2.45) is 0 Å². The van der Waals surface area contributed by atoms with Crippen molar-refractivity contribution in [2.75, 3.05) is 6.61 Å². The maximum absolute atomic E-state index is 5.98. The van der Waals surface area contributed by atoms with E-state index in [1.807, 2.05) is 31.3 Å². The molecule has 2 aromatic heterocycles. The minimum atomic E-state index is -0.377. The van der Waals surface area contributed by atoms with Crippen LogP contribution >= 0.6 is 0 Å². The monoisotopic (exact) mass is 297 g/mol. The van der Waals surface area contributed by atoms with E-state index in [2.05, 4.69) is 21.2 Å². The summed E-state index contributed by atoms with van der Waals surface area (Å²) >= 11 is 0. The van der Waals surface area contributed by atoms with Gasteiger partial charge in [0.2, 0.25) is 5.82 Å². The van der Waals surface area contributed by atoms with Crippen LogP contribution in [0.3, 0.4) is 0 Å². The number of aromatic amines is 1. The van der Waals surface area contributed by atoms with E-state index >= 15 is 0 Å². The molecule has 4 rings (SSSR count). The second-order valence-electron chi connectivity index (χ2n) is 5.84. The maximum atomic E-state index is 5.98. The van der Waals surface area contributed by atoms with Crippen LogP contribution in [-0.2, 0) is 10.3 Å². The molecule has 0 saturated heterocycles. The van der Waals surface area contributed by atoms with Crippen molar-refractivity contribution in [3.05, 3.63) is 36.4 Å². The first-order valence-electron chi connectivity index (χ1n) is 7.86. The van der Waals surface area contributed by atoms with Crippen molar-refractivity contribution in [3.63, 3.8) is 0 Å². The van der Waals surface area contributed by atoms with Gasteiger partial charge >= 0.3 is 0 Å². The van der Waals surface area contributed by atoms with Crippen molar-refractivity contribution in [1.29, 1.82) is 0 Å². The molecule has 0 spiro atoms. The highest BCUT2D eigenvalue weighted by atomic mass is 16.5. The van der Waals surface area contributed by atoms with Gasteiger partial charge in [-0.15, -0.1) is 0 Å². The number of rotatable bonds is 4. The Morgan fingerprint density at radius 2 is 2.14 bits per heavy atom. The first-order chi connectivity index (χ1) is 10.8. The summed E-state index contributed by atoms with van der Waals surface area (Å²) in [6.45, 7) is 2.67. The van der Waals surface area contributed by atoms with E-state index in [1.165, 1.54) is 0 Å². The molecule has 0 amide bonds. The number of nitrogens with one attached hydrogen (secondary N) is 1. The van der Waals surface area contributed by atoms with Crippen molar-refractivity contribution < 1.29 is 9.26 Å². The number of nitrogens with zero attached hydrogens (tertiary/aromatic N) is 2. The van der Waals surface area contributed by atoms with E-state index in [0.717, 1.165) is 42.1 Å². The average Bonchev–Trinajstić information content (AvgIpc) is 3.27. The van der Waals surface area contributed by atoms with Gasteiger partial charge in [0, 0.05) is 29.3 Å². The fourth-order valence-electron chi connectivity index (χ4n) is 3.36. The minimum absolute atomic E-state index is 0.377. The Bertz CT molecular complexity index is 784. The molecule has 3 aromatic rings. The lowest BCUT2D eigenvalue weighted by Crippen LogP contribution is -2.26. The highest BCUT2D eigenvalue weighted by molar-refractivity contribution is 5.83. The third-order valence-electron chi connectivity index (χ3n) is 4.46. The number of H-pyrrole nitrogens is 1. The summed E-state index contributed by atoms with van der Waals surface area (Å²) in [4.78, 5) is 7.82. The molecule has 1 fully saturated rings. The van der Waals surface area contributed by atoms with E-state index in [4.69, 9.17) is 9.26 Å². The lowest BCUT2D eigenvalue weighted by molar-refractivity contribution is -0.0610. The Hall–Kier alpha value is -2.14. The number of hydrogen-bond donors (Lipinski definition) is 1. The lowest BCUT2D eigenvalue weighted by atomic mass is 10.0. The Kier molecular flexibility index (Phi) is 3.22. The predicted octanol–water partition coefficient (Wildman–Crippen LogP) is 4.02. The van der Waals surface area contributed by atoms with Crippen LogP contribution in [0.2, 0.25) is 0 Å². The third kappa shape index (κ3) is 2.13. The molecule has 5 heteroatoms. The highest BCUT2D eigenvalue weighted by Crippen LogP contribution is 2.41. The fraction of sp³-hybridized carbons (Fsp3) is 0.412.